The Labute approximate surface area is 111 Å². The summed E-state index contributed by atoms with van der Waals surface area (Å²) in [6, 6.07) is -0.589. The van der Waals surface area contributed by atoms with Crippen molar-refractivity contribution in [3.63, 3.8) is 0 Å². The number of rotatable bonds is 4. The van der Waals surface area contributed by atoms with Crippen molar-refractivity contribution in [3.8, 4) is 0 Å². The molecule has 1 unspecified atom stereocenters. The molecule has 0 radical (unpaired) electrons. The van der Waals surface area contributed by atoms with Crippen LogP contribution >= 0.6 is 0 Å². The van der Waals surface area contributed by atoms with E-state index in [2.05, 4.69) is 15.3 Å². The zero-order chi connectivity index (χ0) is 13.9. The number of amides is 2. The third-order valence-corrected chi connectivity index (χ3v) is 4.93. The van der Waals surface area contributed by atoms with E-state index < -0.39 is 16.1 Å². The first-order valence-corrected chi connectivity index (χ1v) is 7.46. The number of imidazole rings is 1. The summed E-state index contributed by atoms with van der Waals surface area (Å²) in [4.78, 5) is 17.0. The first-order valence-electron chi connectivity index (χ1n) is 6.02. The highest BCUT2D eigenvalue weighted by Crippen LogP contribution is 2.22. The summed E-state index contributed by atoms with van der Waals surface area (Å²) in [5.41, 5.74) is 5.01. The van der Waals surface area contributed by atoms with Crippen LogP contribution < -0.4 is 11.1 Å². The molecule has 1 aromatic rings. The van der Waals surface area contributed by atoms with E-state index in [4.69, 9.17) is 5.73 Å². The number of nitrogens with zero attached hydrogens (tertiary/aromatic N) is 2. The summed E-state index contributed by atoms with van der Waals surface area (Å²) in [5, 5.41) is 2.61. The molecule has 0 aromatic carbocycles. The number of hydrogen-bond donors (Lipinski definition) is 3. The van der Waals surface area contributed by atoms with E-state index >= 15 is 0 Å². The smallest absolute Gasteiger partial charge is 0.312 e. The molecule has 9 heteroatoms. The van der Waals surface area contributed by atoms with Gasteiger partial charge in [0, 0.05) is 19.6 Å². The predicted octanol–water partition coefficient (Wildman–Crippen LogP) is -0.521. The molecule has 1 aliphatic rings. The number of sulfonamides is 1. The summed E-state index contributed by atoms with van der Waals surface area (Å²) in [5.74, 6) is 0.0824. The highest BCUT2D eigenvalue weighted by molar-refractivity contribution is 7.89. The molecule has 1 fully saturated rings. The third-order valence-electron chi connectivity index (χ3n) is 3.14. The van der Waals surface area contributed by atoms with Crippen LogP contribution in [-0.4, -0.2) is 48.4 Å². The Morgan fingerprint density at radius 2 is 2.42 bits per heavy atom. The Morgan fingerprint density at radius 3 is 3.05 bits per heavy atom. The van der Waals surface area contributed by atoms with E-state index in [0.29, 0.717) is 19.6 Å². The molecule has 19 heavy (non-hydrogen) atoms. The second-order valence-corrected chi connectivity index (χ2v) is 6.44. The fourth-order valence-corrected chi connectivity index (χ4v) is 3.63. The number of primary amides is 1. The number of urea groups is 1. The molecule has 0 aliphatic carbocycles. The molecular formula is C10H17N5O3S. The van der Waals surface area contributed by atoms with Crippen molar-refractivity contribution in [1.29, 1.82) is 0 Å². The number of carbonyl (C=O) groups is 1. The average molecular weight is 287 g/mol. The molecule has 8 nitrogen and oxygen atoms in total. The number of aromatic amines is 1. The Hall–Kier alpha value is -1.61. The van der Waals surface area contributed by atoms with Gasteiger partial charge in [0.25, 0.3) is 10.0 Å². The minimum Gasteiger partial charge on any atom is -0.352 e. The maximum absolute atomic E-state index is 12.3. The van der Waals surface area contributed by atoms with Crippen molar-refractivity contribution in [2.75, 3.05) is 19.6 Å². The fraction of sp³-hybridized carbons (Fsp3) is 0.600. The SMILES string of the molecule is NC(=O)NCC1CCCN(S(=O)(=O)c2cnc[nH]2)C1. The van der Waals surface area contributed by atoms with Crippen LogP contribution in [0.5, 0.6) is 0 Å². The molecule has 1 atom stereocenters. The van der Waals surface area contributed by atoms with Crippen molar-refractivity contribution in [2.24, 2.45) is 11.7 Å². The van der Waals surface area contributed by atoms with Crippen molar-refractivity contribution in [2.45, 2.75) is 17.9 Å². The molecule has 106 valence electrons. The van der Waals surface area contributed by atoms with Crippen LogP contribution in [-0.2, 0) is 10.0 Å². The lowest BCUT2D eigenvalue weighted by molar-refractivity contribution is 0.236. The third kappa shape index (κ3) is 3.24. The highest BCUT2D eigenvalue weighted by Gasteiger charge is 2.31. The van der Waals surface area contributed by atoms with Gasteiger partial charge in [-0.3, -0.25) is 0 Å². The normalized spacial score (nSPS) is 21.2. The number of H-pyrrole nitrogens is 1. The van der Waals surface area contributed by atoms with Crippen molar-refractivity contribution in [1.82, 2.24) is 19.6 Å². The van der Waals surface area contributed by atoms with Crippen molar-refractivity contribution in [3.05, 3.63) is 12.5 Å². The van der Waals surface area contributed by atoms with Gasteiger partial charge >= 0.3 is 6.03 Å². The predicted molar refractivity (Wildman–Crippen MR) is 67.7 cm³/mol. The fourth-order valence-electron chi connectivity index (χ4n) is 2.18. The lowest BCUT2D eigenvalue weighted by Crippen LogP contribution is -2.44. The average Bonchev–Trinajstić information content (AvgIpc) is 2.91. The molecule has 4 N–H and O–H groups in total. The number of nitrogens with one attached hydrogen (secondary N) is 2. The molecular weight excluding hydrogens is 270 g/mol. The summed E-state index contributed by atoms with van der Waals surface area (Å²) in [7, 11) is -3.52. The molecule has 0 saturated carbocycles. The van der Waals surface area contributed by atoms with Crippen LogP contribution in [0.1, 0.15) is 12.8 Å². The molecule has 0 spiro atoms. The van der Waals surface area contributed by atoms with Gasteiger partial charge in [0.2, 0.25) is 0 Å². The lowest BCUT2D eigenvalue weighted by atomic mass is 10.00. The minimum atomic E-state index is -3.52. The Bertz CT molecular complexity index is 527. The van der Waals surface area contributed by atoms with E-state index in [1.165, 1.54) is 16.8 Å². The van der Waals surface area contributed by atoms with Crippen LogP contribution in [0, 0.1) is 5.92 Å². The molecule has 2 rings (SSSR count). The van der Waals surface area contributed by atoms with E-state index in [1.807, 2.05) is 0 Å². The number of carbonyl (C=O) groups excluding carboxylic acids is 1. The van der Waals surface area contributed by atoms with Crippen LogP contribution in [0.2, 0.25) is 0 Å². The van der Waals surface area contributed by atoms with Crippen LogP contribution in [0.3, 0.4) is 0 Å². The van der Waals surface area contributed by atoms with Gasteiger partial charge in [-0.1, -0.05) is 0 Å². The van der Waals surface area contributed by atoms with Gasteiger partial charge in [-0.2, -0.15) is 4.31 Å². The van der Waals surface area contributed by atoms with Crippen molar-refractivity contribution >= 4 is 16.1 Å². The second kappa shape index (κ2) is 5.57. The molecule has 2 heterocycles. The minimum absolute atomic E-state index is 0.0824. The van der Waals surface area contributed by atoms with E-state index in [-0.39, 0.29) is 10.9 Å². The van der Waals surface area contributed by atoms with Crippen molar-refractivity contribution < 1.29 is 13.2 Å². The molecule has 1 aliphatic heterocycles. The summed E-state index contributed by atoms with van der Waals surface area (Å²) in [6.45, 7) is 1.25. The number of hydrogen-bond acceptors (Lipinski definition) is 4. The quantitative estimate of drug-likeness (QED) is 0.689. The topological polar surface area (TPSA) is 121 Å². The van der Waals surface area contributed by atoms with Gasteiger partial charge < -0.3 is 16.0 Å². The zero-order valence-electron chi connectivity index (χ0n) is 10.4. The monoisotopic (exact) mass is 287 g/mol. The summed E-state index contributed by atoms with van der Waals surface area (Å²) in [6.07, 6.45) is 4.26. The maximum Gasteiger partial charge on any atom is 0.312 e. The molecule has 2 amide bonds. The number of piperidine rings is 1. The van der Waals surface area contributed by atoms with Crippen LogP contribution in [0.25, 0.3) is 0 Å². The first-order chi connectivity index (χ1) is 9.00. The standard InChI is InChI=1S/C10H17N5O3S/c11-10(16)13-4-8-2-1-3-15(6-8)19(17,18)9-5-12-7-14-9/h5,7-8H,1-4,6H2,(H,12,14)(H3,11,13,16). The van der Waals surface area contributed by atoms with E-state index in [0.717, 1.165) is 12.8 Å². The van der Waals surface area contributed by atoms with Gasteiger partial charge in [0.05, 0.1) is 12.5 Å². The van der Waals surface area contributed by atoms with Gasteiger partial charge in [-0.15, -0.1) is 0 Å². The Balaban J connectivity index is 2.03. The molecule has 0 bridgehead atoms. The zero-order valence-corrected chi connectivity index (χ0v) is 11.2. The van der Waals surface area contributed by atoms with Crippen LogP contribution in [0.4, 0.5) is 4.79 Å². The Kier molecular flexibility index (Phi) is 4.05. The summed E-state index contributed by atoms with van der Waals surface area (Å²) < 4.78 is 26.0. The van der Waals surface area contributed by atoms with Gasteiger partial charge in [0.1, 0.15) is 0 Å². The van der Waals surface area contributed by atoms with Gasteiger partial charge in [-0.05, 0) is 18.8 Å². The van der Waals surface area contributed by atoms with E-state index in [9.17, 15) is 13.2 Å². The largest absolute Gasteiger partial charge is 0.352 e. The second-order valence-electron chi connectivity index (χ2n) is 4.53. The summed E-state index contributed by atoms with van der Waals surface area (Å²) >= 11 is 0. The van der Waals surface area contributed by atoms with Gasteiger partial charge in [0.15, 0.2) is 5.03 Å². The molecule has 1 aromatic heterocycles. The molecule has 1 saturated heterocycles. The lowest BCUT2D eigenvalue weighted by Gasteiger charge is -2.31. The Morgan fingerprint density at radius 1 is 1.63 bits per heavy atom. The van der Waals surface area contributed by atoms with Crippen LogP contribution in [0.15, 0.2) is 17.6 Å². The number of aromatic nitrogens is 2. The van der Waals surface area contributed by atoms with E-state index in [1.54, 1.807) is 0 Å². The first kappa shape index (κ1) is 13.8. The maximum atomic E-state index is 12.3. The number of nitrogens with two attached hydrogens (primary N) is 1. The highest BCUT2D eigenvalue weighted by atomic mass is 32.2. The van der Waals surface area contributed by atoms with Gasteiger partial charge in [-0.25, -0.2) is 18.2 Å².